The second-order valence-corrected chi connectivity index (χ2v) is 8.41. The number of Topliss-reactive ketones (excluding diaryl/α,β-unsaturated/α-hetero) is 1. The van der Waals surface area contributed by atoms with Gasteiger partial charge in [-0.1, -0.05) is 42.0 Å². The SMILES string of the molecule is COc1ccccc1C1/C(=C(\O)c2cc(C)cc(C)c2OC)C(=O)C(=O)N1c1ccc(C)cc1. The maximum absolute atomic E-state index is 13.4. The van der Waals surface area contributed by atoms with Gasteiger partial charge in [0, 0.05) is 11.3 Å². The molecule has 1 aliphatic rings. The number of ether oxygens (including phenoxy) is 2. The van der Waals surface area contributed by atoms with Crippen LogP contribution in [0, 0.1) is 20.8 Å². The number of amides is 1. The van der Waals surface area contributed by atoms with Crippen LogP contribution in [0.4, 0.5) is 5.69 Å². The van der Waals surface area contributed by atoms with Crippen LogP contribution < -0.4 is 14.4 Å². The molecule has 1 amide bonds. The number of methoxy groups -OCH3 is 2. The normalized spacial score (nSPS) is 17.2. The number of aliphatic hydroxyl groups excluding tert-OH is 1. The van der Waals surface area contributed by atoms with E-state index in [-0.39, 0.29) is 11.3 Å². The summed E-state index contributed by atoms with van der Waals surface area (Å²) in [4.78, 5) is 28.2. The van der Waals surface area contributed by atoms with Crippen molar-refractivity contribution in [2.24, 2.45) is 0 Å². The van der Waals surface area contributed by atoms with Gasteiger partial charge in [0.15, 0.2) is 0 Å². The van der Waals surface area contributed by atoms with Crippen molar-refractivity contribution in [1.82, 2.24) is 0 Å². The van der Waals surface area contributed by atoms with E-state index in [2.05, 4.69) is 0 Å². The maximum Gasteiger partial charge on any atom is 0.300 e. The van der Waals surface area contributed by atoms with Crippen molar-refractivity contribution >= 4 is 23.1 Å². The Hall–Kier alpha value is -4.06. The van der Waals surface area contributed by atoms with Crippen LogP contribution in [0.3, 0.4) is 0 Å². The molecule has 1 unspecified atom stereocenters. The number of carbonyl (C=O) groups excluding carboxylic acids is 2. The molecule has 0 spiro atoms. The van der Waals surface area contributed by atoms with Gasteiger partial charge in [0.05, 0.1) is 31.4 Å². The standard InChI is InChI=1S/C28H27NO5/c1-16-10-12-19(13-11-16)29-24(20-8-6-7-9-22(20)33-4)23(26(31)28(29)32)25(30)21-15-17(2)14-18(3)27(21)34-5/h6-15,24,30H,1-5H3/b25-23+. The third-order valence-corrected chi connectivity index (χ3v) is 6.07. The zero-order chi connectivity index (χ0) is 24.6. The number of aryl methyl sites for hydroxylation is 3. The van der Waals surface area contributed by atoms with Gasteiger partial charge < -0.3 is 14.6 Å². The van der Waals surface area contributed by atoms with Crippen molar-refractivity contribution in [1.29, 1.82) is 0 Å². The van der Waals surface area contributed by atoms with E-state index in [1.165, 1.54) is 19.1 Å². The Bertz CT molecular complexity index is 1310. The minimum atomic E-state index is -0.885. The Labute approximate surface area is 199 Å². The molecule has 1 atom stereocenters. The molecule has 4 rings (SSSR count). The third kappa shape index (κ3) is 3.81. The number of aliphatic hydroxyl groups is 1. The second kappa shape index (κ2) is 9.06. The molecule has 3 aromatic rings. The number of hydrogen-bond donors (Lipinski definition) is 1. The Morgan fingerprint density at radius 2 is 1.56 bits per heavy atom. The lowest BCUT2D eigenvalue weighted by Gasteiger charge is -2.27. The highest BCUT2D eigenvalue weighted by atomic mass is 16.5. The van der Waals surface area contributed by atoms with Crippen LogP contribution in [0.15, 0.2) is 66.2 Å². The summed E-state index contributed by atoms with van der Waals surface area (Å²) in [6.45, 7) is 5.71. The topological polar surface area (TPSA) is 76.1 Å². The van der Waals surface area contributed by atoms with Crippen molar-refractivity contribution in [3.8, 4) is 11.5 Å². The molecule has 34 heavy (non-hydrogen) atoms. The Kier molecular flexibility index (Phi) is 6.16. The minimum absolute atomic E-state index is 0.0154. The van der Waals surface area contributed by atoms with Gasteiger partial charge in [-0.3, -0.25) is 14.5 Å². The van der Waals surface area contributed by atoms with E-state index in [0.717, 1.165) is 16.7 Å². The number of carbonyl (C=O) groups is 2. The van der Waals surface area contributed by atoms with E-state index in [1.807, 2.05) is 51.1 Å². The van der Waals surface area contributed by atoms with Gasteiger partial charge in [0.1, 0.15) is 17.3 Å². The molecule has 0 bridgehead atoms. The van der Waals surface area contributed by atoms with Crippen molar-refractivity contribution in [3.05, 3.63) is 94.1 Å². The summed E-state index contributed by atoms with van der Waals surface area (Å²) < 4.78 is 11.1. The number of para-hydroxylation sites is 1. The van der Waals surface area contributed by atoms with Gasteiger partial charge in [-0.05, 0) is 56.2 Å². The molecule has 6 heteroatoms. The highest BCUT2D eigenvalue weighted by molar-refractivity contribution is 6.51. The molecule has 1 heterocycles. The van der Waals surface area contributed by atoms with Crippen LogP contribution in [0.25, 0.3) is 5.76 Å². The van der Waals surface area contributed by atoms with Crippen molar-refractivity contribution in [2.45, 2.75) is 26.8 Å². The summed E-state index contributed by atoms with van der Waals surface area (Å²) in [7, 11) is 3.04. The lowest BCUT2D eigenvalue weighted by atomic mass is 9.93. The summed E-state index contributed by atoms with van der Waals surface area (Å²) >= 11 is 0. The predicted octanol–water partition coefficient (Wildman–Crippen LogP) is 5.26. The van der Waals surface area contributed by atoms with Gasteiger partial charge in [0.25, 0.3) is 11.7 Å². The first-order valence-electron chi connectivity index (χ1n) is 10.9. The quantitative estimate of drug-likeness (QED) is 0.322. The molecule has 0 aromatic heterocycles. The number of hydrogen-bond acceptors (Lipinski definition) is 5. The summed E-state index contributed by atoms with van der Waals surface area (Å²) in [6.07, 6.45) is 0. The third-order valence-electron chi connectivity index (χ3n) is 6.07. The van der Waals surface area contributed by atoms with Crippen molar-refractivity contribution in [2.75, 3.05) is 19.1 Å². The summed E-state index contributed by atoms with van der Waals surface area (Å²) in [5.74, 6) is -0.819. The Morgan fingerprint density at radius 1 is 0.882 bits per heavy atom. The van der Waals surface area contributed by atoms with Crippen LogP contribution in [0.1, 0.15) is 33.9 Å². The first-order valence-corrected chi connectivity index (χ1v) is 10.9. The molecule has 6 nitrogen and oxygen atoms in total. The molecule has 1 saturated heterocycles. The zero-order valence-electron chi connectivity index (χ0n) is 19.9. The van der Waals surface area contributed by atoms with Gasteiger partial charge >= 0.3 is 0 Å². The van der Waals surface area contributed by atoms with E-state index in [4.69, 9.17) is 9.47 Å². The molecular formula is C28H27NO5. The molecule has 1 aliphatic heterocycles. The van der Waals surface area contributed by atoms with E-state index < -0.39 is 17.7 Å². The average Bonchev–Trinajstić information content (AvgIpc) is 3.09. The largest absolute Gasteiger partial charge is 0.507 e. The highest BCUT2D eigenvalue weighted by Gasteiger charge is 2.48. The van der Waals surface area contributed by atoms with Crippen LogP contribution in [-0.2, 0) is 9.59 Å². The summed E-state index contributed by atoms with van der Waals surface area (Å²) in [5, 5.41) is 11.5. The van der Waals surface area contributed by atoms with Gasteiger partial charge in [-0.15, -0.1) is 0 Å². The average molecular weight is 458 g/mol. The first-order chi connectivity index (χ1) is 16.3. The van der Waals surface area contributed by atoms with Gasteiger partial charge in [-0.2, -0.15) is 0 Å². The lowest BCUT2D eigenvalue weighted by Crippen LogP contribution is -2.29. The number of rotatable bonds is 5. The zero-order valence-corrected chi connectivity index (χ0v) is 19.9. The number of benzene rings is 3. The van der Waals surface area contributed by atoms with Crippen LogP contribution in [0.2, 0.25) is 0 Å². The Balaban J connectivity index is 2.04. The van der Waals surface area contributed by atoms with Crippen LogP contribution >= 0.6 is 0 Å². The monoisotopic (exact) mass is 457 g/mol. The summed E-state index contributed by atoms with van der Waals surface area (Å²) in [6, 6.07) is 17.3. The van der Waals surface area contributed by atoms with E-state index in [1.54, 1.807) is 30.3 Å². The molecule has 0 radical (unpaired) electrons. The fourth-order valence-electron chi connectivity index (χ4n) is 4.54. The van der Waals surface area contributed by atoms with E-state index >= 15 is 0 Å². The first kappa shape index (κ1) is 23.1. The van der Waals surface area contributed by atoms with Gasteiger partial charge in [0.2, 0.25) is 0 Å². The lowest BCUT2D eigenvalue weighted by molar-refractivity contribution is -0.132. The van der Waals surface area contributed by atoms with Crippen LogP contribution in [0.5, 0.6) is 11.5 Å². The highest BCUT2D eigenvalue weighted by Crippen LogP contribution is 2.46. The molecule has 174 valence electrons. The Morgan fingerprint density at radius 3 is 2.21 bits per heavy atom. The fourth-order valence-corrected chi connectivity index (χ4v) is 4.54. The summed E-state index contributed by atoms with van der Waals surface area (Å²) in [5.41, 5.74) is 4.21. The molecule has 3 aromatic carbocycles. The molecule has 0 saturated carbocycles. The maximum atomic E-state index is 13.4. The predicted molar refractivity (Wildman–Crippen MR) is 131 cm³/mol. The molecular weight excluding hydrogens is 430 g/mol. The van der Waals surface area contributed by atoms with E-state index in [9.17, 15) is 14.7 Å². The number of nitrogens with zero attached hydrogens (tertiary/aromatic N) is 1. The second-order valence-electron chi connectivity index (χ2n) is 8.41. The van der Waals surface area contributed by atoms with Crippen molar-refractivity contribution < 1.29 is 24.2 Å². The molecule has 0 aliphatic carbocycles. The fraction of sp³-hybridized carbons (Fsp3) is 0.214. The molecule has 1 fully saturated rings. The number of ketones is 1. The van der Waals surface area contributed by atoms with E-state index in [0.29, 0.717) is 28.3 Å². The minimum Gasteiger partial charge on any atom is -0.507 e. The molecule has 1 N–H and O–H groups in total. The smallest absolute Gasteiger partial charge is 0.300 e. The number of anilines is 1. The van der Waals surface area contributed by atoms with Crippen LogP contribution in [-0.4, -0.2) is 31.0 Å². The van der Waals surface area contributed by atoms with Crippen molar-refractivity contribution in [3.63, 3.8) is 0 Å². The van der Waals surface area contributed by atoms with Gasteiger partial charge in [-0.25, -0.2) is 0 Å².